The number of nitrogens with zero attached hydrogens (tertiary/aromatic N) is 1. The number of aromatic hydroxyl groups is 1. The molecule has 2 N–H and O–H groups in total. The number of aromatic amines is 1. The van der Waals surface area contributed by atoms with Crippen LogP contribution >= 0.6 is 22.9 Å². The maximum absolute atomic E-state index is 12.6. The van der Waals surface area contributed by atoms with Crippen LogP contribution in [-0.4, -0.2) is 15.1 Å². The summed E-state index contributed by atoms with van der Waals surface area (Å²) in [4.78, 5) is 21.8. The van der Waals surface area contributed by atoms with E-state index in [0.29, 0.717) is 21.6 Å². The quantitative estimate of drug-likeness (QED) is 0.524. The van der Waals surface area contributed by atoms with Crippen LogP contribution in [0.3, 0.4) is 0 Å². The molecule has 2 aromatic carbocycles. The number of phenolic OH excluding ortho intramolecular Hbond substituents is 1. The number of aromatic nitrogens is 2. The van der Waals surface area contributed by atoms with E-state index in [9.17, 15) is 9.90 Å². The summed E-state index contributed by atoms with van der Waals surface area (Å²) in [6.07, 6.45) is 0. The molecule has 0 radical (unpaired) electrons. The number of aryl methyl sites for hydroxylation is 1. The van der Waals surface area contributed by atoms with Crippen LogP contribution in [0.25, 0.3) is 32.0 Å². The van der Waals surface area contributed by atoms with Crippen LogP contribution in [0, 0.1) is 6.92 Å². The van der Waals surface area contributed by atoms with Crippen LogP contribution in [0.1, 0.15) is 5.56 Å². The predicted octanol–water partition coefficient (Wildman–Crippen LogP) is 4.99. The van der Waals surface area contributed by atoms with E-state index < -0.39 is 0 Å². The molecule has 0 saturated carbocycles. The fourth-order valence-electron chi connectivity index (χ4n) is 2.80. The molecule has 0 aliphatic heterocycles. The summed E-state index contributed by atoms with van der Waals surface area (Å²) in [5.41, 5.74) is 2.46. The van der Waals surface area contributed by atoms with Crippen LogP contribution in [0.2, 0.25) is 5.02 Å². The van der Waals surface area contributed by atoms with E-state index in [0.717, 1.165) is 16.0 Å². The molecular weight excluding hydrogens is 356 g/mol. The number of benzene rings is 2. The fraction of sp³-hybridized carbons (Fsp3) is 0.0526. The summed E-state index contributed by atoms with van der Waals surface area (Å²) in [7, 11) is 0. The molecule has 4 nitrogen and oxygen atoms in total. The molecule has 4 aromatic rings. The fourth-order valence-corrected chi connectivity index (χ4v) is 4.17. The molecule has 0 amide bonds. The lowest BCUT2D eigenvalue weighted by Crippen LogP contribution is -2.09. The van der Waals surface area contributed by atoms with Gasteiger partial charge in [0.2, 0.25) is 0 Å². The van der Waals surface area contributed by atoms with E-state index >= 15 is 0 Å². The largest absolute Gasteiger partial charge is 0.506 e. The molecule has 0 spiro atoms. The highest BCUT2D eigenvalue weighted by Crippen LogP contribution is 2.36. The van der Waals surface area contributed by atoms with Crippen molar-refractivity contribution in [3.63, 3.8) is 0 Å². The number of H-pyrrole nitrogens is 1. The zero-order chi connectivity index (χ0) is 17.6. The number of hydrogen-bond donors (Lipinski definition) is 2. The Hall–Kier alpha value is -2.63. The second-order valence-corrected chi connectivity index (χ2v) is 7.09. The Morgan fingerprint density at radius 3 is 2.60 bits per heavy atom. The van der Waals surface area contributed by atoms with E-state index in [-0.39, 0.29) is 16.3 Å². The lowest BCUT2D eigenvalue weighted by Gasteiger charge is -2.03. The van der Waals surface area contributed by atoms with Gasteiger partial charge in [0.05, 0.1) is 10.4 Å². The Kier molecular flexibility index (Phi) is 3.82. The third-order valence-electron chi connectivity index (χ3n) is 4.06. The first kappa shape index (κ1) is 15.9. The smallest absolute Gasteiger partial charge is 0.260 e. The molecule has 25 heavy (non-hydrogen) atoms. The van der Waals surface area contributed by atoms with Crippen LogP contribution in [-0.2, 0) is 0 Å². The number of phenols is 1. The van der Waals surface area contributed by atoms with Crippen molar-refractivity contribution in [1.29, 1.82) is 0 Å². The van der Waals surface area contributed by atoms with Crippen LogP contribution in [0.5, 0.6) is 5.75 Å². The van der Waals surface area contributed by atoms with Gasteiger partial charge in [-0.2, -0.15) is 0 Å². The second-order valence-electron chi connectivity index (χ2n) is 5.68. The number of fused-ring (bicyclic) bond motifs is 1. The summed E-state index contributed by atoms with van der Waals surface area (Å²) < 4.78 is 0. The third kappa shape index (κ3) is 2.71. The molecule has 2 heterocycles. The Morgan fingerprint density at radius 2 is 1.88 bits per heavy atom. The Morgan fingerprint density at radius 1 is 1.12 bits per heavy atom. The van der Waals surface area contributed by atoms with Gasteiger partial charge in [0.25, 0.3) is 5.56 Å². The Labute approximate surface area is 152 Å². The summed E-state index contributed by atoms with van der Waals surface area (Å²) in [5.74, 6) is 0.424. The highest BCUT2D eigenvalue weighted by atomic mass is 35.5. The van der Waals surface area contributed by atoms with E-state index in [4.69, 9.17) is 11.6 Å². The average Bonchev–Trinajstić information content (AvgIpc) is 2.95. The highest BCUT2D eigenvalue weighted by Gasteiger charge is 2.16. The minimum absolute atomic E-state index is 0.00725. The van der Waals surface area contributed by atoms with Crippen molar-refractivity contribution in [2.45, 2.75) is 6.92 Å². The summed E-state index contributed by atoms with van der Waals surface area (Å²) in [6.45, 7) is 1.94. The summed E-state index contributed by atoms with van der Waals surface area (Å²) in [5, 5.41) is 10.4. The third-order valence-corrected chi connectivity index (χ3v) is 5.60. The SMILES string of the molecule is Cc1c(-c2ccccc2)sc2nc(-c3ccc(O)c(Cl)c3)[nH]c(=O)c12. The first-order chi connectivity index (χ1) is 12.0. The number of thiophene rings is 1. The lowest BCUT2D eigenvalue weighted by molar-refractivity contribution is 0.475. The number of nitrogens with one attached hydrogen (secondary N) is 1. The molecule has 0 atom stereocenters. The molecule has 124 valence electrons. The van der Waals surface area contributed by atoms with Crippen LogP contribution in [0.15, 0.2) is 53.3 Å². The molecule has 6 heteroatoms. The average molecular weight is 369 g/mol. The van der Waals surface area contributed by atoms with Crippen molar-refractivity contribution in [2.75, 3.05) is 0 Å². The van der Waals surface area contributed by atoms with Gasteiger partial charge >= 0.3 is 0 Å². The Bertz CT molecular complexity index is 1150. The van der Waals surface area contributed by atoms with Gasteiger partial charge in [-0.3, -0.25) is 4.79 Å². The molecule has 0 aliphatic rings. The van der Waals surface area contributed by atoms with Crippen molar-refractivity contribution in [1.82, 2.24) is 9.97 Å². The van der Waals surface area contributed by atoms with Gasteiger partial charge in [0.15, 0.2) is 0 Å². The number of halogens is 1. The highest BCUT2D eigenvalue weighted by molar-refractivity contribution is 7.22. The summed E-state index contributed by atoms with van der Waals surface area (Å²) >= 11 is 7.46. The zero-order valence-corrected chi connectivity index (χ0v) is 14.8. The van der Waals surface area contributed by atoms with Crippen LogP contribution < -0.4 is 5.56 Å². The number of hydrogen-bond acceptors (Lipinski definition) is 4. The standard InChI is InChI=1S/C19H13ClN2O2S/c1-10-15-18(24)21-17(12-7-8-14(23)13(20)9-12)22-19(15)25-16(10)11-5-3-2-4-6-11/h2-9,23H,1H3,(H,21,22,24). The van der Waals surface area contributed by atoms with Crippen LogP contribution in [0.4, 0.5) is 0 Å². The summed E-state index contributed by atoms with van der Waals surface area (Å²) in [6, 6.07) is 14.7. The van der Waals surface area contributed by atoms with Crippen molar-refractivity contribution >= 4 is 33.2 Å². The molecule has 2 aromatic heterocycles. The van der Waals surface area contributed by atoms with E-state index in [2.05, 4.69) is 9.97 Å². The van der Waals surface area contributed by atoms with Gasteiger partial charge in [-0.25, -0.2) is 4.98 Å². The molecule has 0 saturated heterocycles. The van der Waals surface area contributed by atoms with Gasteiger partial charge < -0.3 is 10.1 Å². The first-order valence-corrected chi connectivity index (χ1v) is 8.82. The van der Waals surface area contributed by atoms with Gasteiger partial charge in [-0.1, -0.05) is 41.9 Å². The molecule has 0 fully saturated rings. The molecule has 4 rings (SSSR count). The van der Waals surface area contributed by atoms with Crippen molar-refractivity contribution in [3.8, 4) is 27.6 Å². The minimum Gasteiger partial charge on any atom is -0.506 e. The molecule has 0 aliphatic carbocycles. The zero-order valence-electron chi connectivity index (χ0n) is 13.2. The molecule has 0 bridgehead atoms. The first-order valence-electron chi connectivity index (χ1n) is 7.62. The topological polar surface area (TPSA) is 66.0 Å². The lowest BCUT2D eigenvalue weighted by atomic mass is 10.1. The van der Waals surface area contributed by atoms with Gasteiger partial charge in [-0.05, 0) is 36.2 Å². The van der Waals surface area contributed by atoms with E-state index in [1.807, 2.05) is 37.3 Å². The van der Waals surface area contributed by atoms with E-state index in [1.54, 1.807) is 12.1 Å². The normalized spacial score (nSPS) is 11.1. The van der Waals surface area contributed by atoms with Crippen molar-refractivity contribution in [3.05, 3.63) is 69.5 Å². The second kappa shape index (κ2) is 6.02. The molecular formula is C19H13ClN2O2S. The maximum atomic E-state index is 12.6. The molecule has 0 unspecified atom stereocenters. The van der Waals surface area contributed by atoms with Gasteiger partial charge in [-0.15, -0.1) is 11.3 Å². The Balaban J connectivity index is 1.93. The number of rotatable bonds is 2. The van der Waals surface area contributed by atoms with Gasteiger partial charge in [0, 0.05) is 10.4 Å². The maximum Gasteiger partial charge on any atom is 0.260 e. The van der Waals surface area contributed by atoms with E-state index in [1.165, 1.54) is 17.4 Å². The monoisotopic (exact) mass is 368 g/mol. The predicted molar refractivity (Wildman–Crippen MR) is 103 cm³/mol. The van der Waals surface area contributed by atoms with Gasteiger partial charge in [0.1, 0.15) is 16.4 Å². The van der Waals surface area contributed by atoms with Crippen molar-refractivity contribution < 1.29 is 5.11 Å². The minimum atomic E-state index is -0.180. The van der Waals surface area contributed by atoms with Crippen molar-refractivity contribution in [2.24, 2.45) is 0 Å².